The van der Waals surface area contributed by atoms with Gasteiger partial charge in [-0.25, -0.2) is 0 Å². The fourth-order valence-electron chi connectivity index (χ4n) is 1.86. The van der Waals surface area contributed by atoms with Gasteiger partial charge in [-0.2, -0.15) is 0 Å². The Morgan fingerprint density at radius 1 is 1.37 bits per heavy atom. The summed E-state index contributed by atoms with van der Waals surface area (Å²) in [5.74, 6) is 0.732. The Morgan fingerprint density at radius 2 is 2.11 bits per heavy atom. The molecule has 0 fully saturated rings. The first kappa shape index (κ1) is 15.2. The molecule has 0 saturated heterocycles. The number of rotatable bonds is 4. The predicted octanol–water partition coefficient (Wildman–Crippen LogP) is 6.06. The van der Waals surface area contributed by atoms with Gasteiger partial charge in [0, 0.05) is 20.3 Å². The van der Waals surface area contributed by atoms with E-state index in [1.165, 1.54) is 4.88 Å². The van der Waals surface area contributed by atoms with Crippen LogP contribution in [0.4, 0.5) is 0 Å². The normalized spacial score (nSPS) is 12.5. The summed E-state index contributed by atoms with van der Waals surface area (Å²) in [6.07, 6.45) is 1.02. The van der Waals surface area contributed by atoms with Gasteiger partial charge in [-0.05, 0) is 46.6 Å². The van der Waals surface area contributed by atoms with E-state index < -0.39 is 0 Å². The summed E-state index contributed by atoms with van der Waals surface area (Å²) in [7, 11) is 1.63. The van der Waals surface area contributed by atoms with Gasteiger partial charge >= 0.3 is 0 Å². The number of hydrogen-bond acceptors (Lipinski definition) is 2. The van der Waals surface area contributed by atoms with E-state index >= 15 is 0 Å². The molecular weight excluding hydrogens is 367 g/mol. The quantitative estimate of drug-likeness (QED) is 0.586. The zero-order chi connectivity index (χ0) is 14.0. The van der Waals surface area contributed by atoms with Gasteiger partial charge in [0.2, 0.25) is 0 Å². The first-order chi connectivity index (χ1) is 9.06. The molecule has 2 aromatic rings. The highest BCUT2D eigenvalue weighted by atomic mass is 79.9. The van der Waals surface area contributed by atoms with E-state index in [0.29, 0.717) is 5.02 Å². The summed E-state index contributed by atoms with van der Waals surface area (Å²) in [5, 5.41) is 0.385. The van der Waals surface area contributed by atoms with E-state index in [1.807, 2.05) is 6.07 Å². The molecule has 102 valence electrons. The van der Waals surface area contributed by atoms with Crippen LogP contribution in [-0.4, -0.2) is 7.11 Å². The van der Waals surface area contributed by atoms with Crippen LogP contribution in [-0.2, 0) is 6.42 Å². The van der Waals surface area contributed by atoms with Crippen LogP contribution in [0.25, 0.3) is 0 Å². The molecule has 19 heavy (non-hydrogen) atoms. The Kier molecular flexibility index (Phi) is 5.18. The zero-order valence-electron chi connectivity index (χ0n) is 10.5. The molecule has 1 aromatic carbocycles. The first-order valence-corrected chi connectivity index (χ1v) is 8.24. The molecule has 5 heteroatoms. The number of hydrogen-bond donors (Lipinski definition) is 0. The third-order valence-corrected chi connectivity index (χ3v) is 5.50. The van der Waals surface area contributed by atoms with Crippen LogP contribution in [0.3, 0.4) is 0 Å². The standard InChI is InChI=1S/C14H13BrCl2OS/c1-3-9-4-5-12(19-9)13(17)10-6-8(16)7-11(15)14(10)18-2/h4-7,13H,3H2,1-2H3. The van der Waals surface area contributed by atoms with Crippen molar-refractivity contribution in [3.63, 3.8) is 0 Å². The number of aryl methyl sites for hydroxylation is 1. The number of alkyl halides is 1. The minimum Gasteiger partial charge on any atom is -0.495 e. The van der Waals surface area contributed by atoms with E-state index in [0.717, 1.165) is 27.1 Å². The average Bonchev–Trinajstić information content (AvgIpc) is 2.85. The van der Waals surface area contributed by atoms with E-state index in [2.05, 4.69) is 35.0 Å². The van der Waals surface area contributed by atoms with E-state index in [1.54, 1.807) is 24.5 Å². The highest BCUT2D eigenvalue weighted by molar-refractivity contribution is 9.10. The number of methoxy groups -OCH3 is 1. The molecule has 0 aliphatic heterocycles. The van der Waals surface area contributed by atoms with Crippen molar-refractivity contribution in [1.29, 1.82) is 0 Å². The molecule has 1 nitrogen and oxygen atoms in total. The maximum absolute atomic E-state index is 6.58. The smallest absolute Gasteiger partial charge is 0.138 e. The Labute approximate surface area is 135 Å². The van der Waals surface area contributed by atoms with Gasteiger partial charge in [0.15, 0.2) is 0 Å². The van der Waals surface area contributed by atoms with Gasteiger partial charge in [0.25, 0.3) is 0 Å². The molecular formula is C14H13BrCl2OS. The summed E-state index contributed by atoms with van der Waals surface area (Å²) in [5.41, 5.74) is 0.882. The predicted molar refractivity (Wildman–Crippen MR) is 87.1 cm³/mol. The number of halogens is 3. The van der Waals surface area contributed by atoms with Gasteiger partial charge < -0.3 is 4.74 Å². The zero-order valence-corrected chi connectivity index (χ0v) is 14.5. The summed E-state index contributed by atoms with van der Waals surface area (Å²) >= 11 is 17.9. The molecule has 1 atom stereocenters. The fourth-order valence-corrected chi connectivity index (χ4v) is 4.17. The molecule has 0 aliphatic rings. The molecule has 2 rings (SSSR count). The Balaban J connectivity index is 2.45. The van der Waals surface area contributed by atoms with Crippen LogP contribution in [0, 0.1) is 0 Å². The summed E-state index contributed by atoms with van der Waals surface area (Å²) in [4.78, 5) is 2.42. The number of thiophene rings is 1. The lowest BCUT2D eigenvalue weighted by Crippen LogP contribution is -1.97. The lowest BCUT2D eigenvalue weighted by molar-refractivity contribution is 0.407. The van der Waals surface area contributed by atoms with Crippen LogP contribution < -0.4 is 4.74 Å². The topological polar surface area (TPSA) is 9.23 Å². The van der Waals surface area contributed by atoms with Crippen molar-refractivity contribution >= 4 is 50.5 Å². The van der Waals surface area contributed by atoms with E-state index in [4.69, 9.17) is 27.9 Å². The van der Waals surface area contributed by atoms with Crippen molar-refractivity contribution in [3.05, 3.63) is 49.1 Å². The van der Waals surface area contributed by atoms with E-state index in [-0.39, 0.29) is 5.38 Å². The van der Waals surface area contributed by atoms with Crippen LogP contribution in [0.5, 0.6) is 5.75 Å². The summed E-state index contributed by atoms with van der Waals surface area (Å²) in [6, 6.07) is 7.84. The monoisotopic (exact) mass is 378 g/mol. The fraction of sp³-hybridized carbons (Fsp3) is 0.286. The molecule has 1 unspecified atom stereocenters. The SMILES string of the molecule is CCc1ccc(C(Cl)c2cc(Cl)cc(Br)c2OC)s1. The van der Waals surface area contributed by atoms with Crippen LogP contribution >= 0.6 is 50.5 Å². The summed E-state index contributed by atoms with van der Waals surface area (Å²) < 4.78 is 6.24. The molecule has 0 amide bonds. The molecule has 0 spiro atoms. The second kappa shape index (κ2) is 6.49. The highest BCUT2D eigenvalue weighted by Gasteiger charge is 2.20. The largest absolute Gasteiger partial charge is 0.495 e. The van der Waals surface area contributed by atoms with Gasteiger partial charge in [-0.1, -0.05) is 18.5 Å². The molecule has 1 heterocycles. The maximum Gasteiger partial charge on any atom is 0.138 e. The van der Waals surface area contributed by atoms with Crippen LogP contribution in [0.2, 0.25) is 5.02 Å². The minimum absolute atomic E-state index is 0.254. The first-order valence-electron chi connectivity index (χ1n) is 5.82. The van der Waals surface area contributed by atoms with Crippen LogP contribution in [0.15, 0.2) is 28.7 Å². The maximum atomic E-state index is 6.58. The van der Waals surface area contributed by atoms with Gasteiger partial charge in [-0.15, -0.1) is 22.9 Å². The molecule has 0 radical (unpaired) electrons. The average molecular weight is 380 g/mol. The summed E-state index contributed by atoms with van der Waals surface area (Å²) in [6.45, 7) is 2.13. The van der Waals surface area contributed by atoms with Gasteiger partial charge in [-0.3, -0.25) is 0 Å². The lowest BCUT2D eigenvalue weighted by Gasteiger charge is -2.15. The number of benzene rings is 1. The minimum atomic E-state index is -0.254. The lowest BCUT2D eigenvalue weighted by atomic mass is 10.1. The van der Waals surface area contributed by atoms with Gasteiger partial charge in [0.1, 0.15) is 5.75 Å². The van der Waals surface area contributed by atoms with Crippen molar-refractivity contribution < 1.29 is 4.74 Å². The van der Waals surface area contributed by atoms with Crippen molar-refractivity contribution in [2.24, 2.45) is 0 Å². The highest BCUT2D eigenvalue weighted by Crippen LogP contribution is 2.42. The van der Waals surface area contributed by atoms with Crippen LogP contribution in [0.1, 0.15) is 27.6 Å². The van der Waals surface area contributed by atoms with E-state index in [9.17, 15) is 0 Å². The third kappa shape index (κ3) is 3.27. The molecule has 1 aromatic heterocycles. The van der Waals surface area contributed by atoms with Crippen molar-refractivity contribution in [2.75, 3.05) is 7.11 Å². The molecule has 0 bridgehead atoms. The van der Waals surface area contributed by atoms with Crippen molar-refractivity contribution in [3.8, 4) is 5.75 Å². The second-order valence-corrected chi connectivity index (χ2v) is 6.96. The molecule has 0 N–H and O–H groups in total. The van der Waals surface area contributed by atoms with Crippen molar-refractivity contribution in [1.82, 2.24) is 0 Å². The Bertz CT molecular complexity index is 583. The second-order valence-electron chi connectivity index (χ2n) is 4.03. The molecule has 0 saturated carbocycles. The Morgan fingerprint density at radius 3 is 2.68 bits per heavy atom. The number of ether oxygens (including phenoxy) is 1. The van der Waals surface area contributed by atoms with Crippen molar-refractivity contribution in [2.45, 2.75) is 18.7 Å². The Hall–Kier alpha value is -0.220. The van der Waals surface area contributed by atoms with Gasteiger partial charge in [0.05, 0.1) is 17.0 Å². The third-order valence-electron chi connectivity index (χ3n) is 2.79. The molecule has 0 aliphatic carbocycles.